The molecule has 2 aliphatic heterocycles. The number of amidine groups is 1. The quantitative estimate of drug-likeness (QED) is 0.597. The van der Waals surface area contributed by atoms with E-state index in [4.69, 9.17) is 20.7 Å². The van der Waals surface area contributed by atoms with Crippen LogP contribution in [0.15, 0.2) is 59.9 Å². The Labute approximate surface area is 199 Å². The molecule has 0 amide bonds. The van der Waals surface area contributed by atoms with Crippen LogP contribution in [0.2, 0.25) is 0 Å². The zero-order valence-corrected chi connectivity index (χ0v) is 19.2. The number of nitrogens with zero attached hydrogens (tertiary/aromatic N) is 5. The Morgan fingerprint density at radius 1 is 1.03 bits per heavy atom. The summed E-state index contributed by atoms with van der Waals surface area (Å²) in [6.07, 6.45) is 12.4. The molecule has 34 heavy (non-hydrogen) atoms. The molecule has 4 heterocycles. The summed E-state index contributed by atoms with van der Waals surface area (Å²) in [6.45, 7) is 1.53. The highest BCUT2D eigenvalue weighted by atomic mass is 15.2. The average Bonchev–Trinajstić information content (AvgIpc) is 3.43. The zero-order chi connectivity index (χ0) is 22.7. The first kappa shape index (κ1) is 20.0. The van der Waals surface area contributed by atoms with Gasteiger partial charge in [0.05, 0.1) is 35.5 Å². The minimum absolute atomic E-state index is 0.116. The number of aliphatic imine (C=N–C) groups is 1. The summed E-state index contributed by atoms with van der Waals surface area (Å²) in [7, 11) is 0. The highest BCUT2D eigenvalue weighted by Crippen LogP contribution is 2.53. The molecule has 1 aromatic carbocycles. The van der Waals surface area contributed by atoms with Crippen molar-refractivity contribution in [3.63, 3.8) is 0 Å². The Kier molecular flexibility index (Phi) is 4.46. The second kappa shape index (κ2) is 7.57. The molecule has 2 atom stereocenters. The average molecular weight is 449 g/mol. The van der Waals surface area contributed by atoms with E-state index >= 15 is 0 Å². The first-order valence-electron chi connectivity index (χ1n) is 12.4. The van der Waals surface area contributed by atoms with Gasteiger partial charge in [-0.3, -0.25) is 9.98 Å². The molecule has 6 nitrogen and oxygen atoms in total. The summed E-state index contributed by atoms with van der Waals surface area (Å²) < 4.78 is 0. The fourth-order valence-electron chi connectivity index (χ4n) is 6.34. The van der Waals surface area contributed by atoms with Crippen LogP contribution in [0, 0.1) is 5.41 Å². The van der Waals surface area contributed by atoms with Crippen molar-refractivity contribution in [2.45, 2.75) is 51.1 Å². The number of aromatic nitrogens is 3. The van der Waals surface area contributed by atoms with Crippen LogP contribution in [0.1, 0.15) is 65.6 Å². The normalized spacial score (nSPS) is 25.0. The number of rotatable bonds is 1. The van der Waals surface area contributed by atoms with E-state index in [1.807, 2.05) is 18.5 Å². The van der Waals surface area contributed by atoms with Crippen molar-refractivity contribution in [2.75, 3.05) is 11.4 Å². The number of nitrogens with two attached hydrogens (primary N) is 1. The molecule has 1 spiro atoms. The number of hydrogen-bond acceptors (Lipinski definition) is 6. The van der Waals surface area contributed by atoms with Crippen LogP contribution in [-0.4, -0.2) is 27.3 Å². The lowest BCUT2D eigenvalue weighted by Gasteiger charge is -2.36. The van der Waals surface area contributed by atoms with E-state index in [1.165, 1.54) is 16.7 Å². The maximum atomic E-state index is 6.75. The molecule has 6 heteroatoms. The van der Waals surface area contributed by atoms with Crippen molar-refractivity contribution in [1.82, 2.24) is 15.0 Å². The minimum atomic E-state index is 0.116. The Balaban J connectivity index is 1.14. The summed E-state index contributed by atoms with van der Waals surface area (Å²) in [6, 6.07) is 12.9. The second-order valence-electron chi connectivity index (χ2n) is 10.1. The van der Waals surface area contributed by atoms with E-state index in [1.54, 1.807) is 0 Å². The molecule has 2 aliphatic carbocycles. The topological polar surface area (TPSA) is 80.3 Å². The van der Waals surface area contributed by atoms with Gasteiger partial charge in [-0.25, -0.2) is 9.97 Å². The Morgan fingerprint density at radius 3 is 2.85 bits per heavy atom. The van der Waals surface area contributed by atoms with Gasteiger partial charge in [0.25, 0.3) is 0 Å². The van der Waals surface area contributed by atoms with Crippen molar-refractivity contribution >= 4 is 17.1 Å². The maximum Gasteiger partial charge on any atom is 0.156 e. The third-order valence-electron chi connectivity index (χ3n) is 8.21. The van der Waals surface area contributed by atoms with Gasteiger partial charge in [0.2, 0.25) is 0 Å². The number of anilines is 1. The second-order valence-corrected chi connectivity index (χ2v) is 10.1. The van der Waals surface area contributed by atoms with Gasteiger partial charge in [-0.1, -0.05) is 30.3 Å². The van der Waals surface area contributed by atoms with Gasteiger partial charge < -0.3 is 10.6 Å². The molecule has 0 saturated heterocycles. The van der Waals surface area contributed by atoms with Gasteiger partial charge in [0, 0.05) is 18.8 Å². The molecule has 3 aromatic rings. The van der Waals surface area contributed by atoms with Crippen molar-refractivity contribution in [3.8, 4) is 0 Å². The van der Waals surface area contributed by atoms with Crippen LogP contribution in [0.3, 0.4) is 0 Å². The third kappa shape index (κ3) is 2.98. The van der Waals surface area contributed by atoms with Gasteiger partial charge in [-0.2, -0.15) is 0 Å². The first-order valence-corrected chi connectivity index (χ1v) is 12.4. The standard InChI is InChI=1S/C28H28N6/c29-26-20-6-2-1-5-19(20)15-28(26)11-9-18(10-12-28)22-16-31-25-23(33-22)17-32-27(25)34-14-4-7-21-24(34)8-3-13-30-21/h1-3,5-6,8-9,13,16,26H,4,7,10-12,14-15,17,29H2/t26-,28+/m1/s1. The SMILES string of the molecule is N[C@@H]1c2ccccc2C[C@@]12CC=C(c1cnc3c(n1)CN=C3N1CCCc3ncccc31)CC2. The van der Waals surface area contributed by atoms with E-state index < -0.39 is 0 Å². The van der Waals surface area contributed by atoms with Crippen LogP contribution in [0.5, 0.6) is 0 Å². The van der Waals surface area contributed by atoms with Gasteiger partial charge in [0.15, 0.2) is 5.84 Å². The lowest BCUT2D eigenvalue weighted by Crippen LogP contribution is -2.36. The Bertz CT molecular complexity index is 1360. The smallest absolute Gasteiger partial charge is 0.156 e. The number of benzene rings is 1. The first-order chi connectivity index (χ1) is 16.7. The predicted molar refractivity (Wildman–Crippen MR) is 134 cm³/mol. The van der Waals surface area contributed by atoms with Gasteiger partial charge >= 0.3 is 0 Å². The van der Waals surface area contributed by atoms with Gasteiger partial charge in [0.1, 0.15) is 5.69 Å². The van der Waals surface area contributed by atoms with Crippen molar-refractivity contribution < 1.29 is 0 Å². The van der Waals surface area contributed by atoms with Gasteiger partial charge in [-0.05, 0) is 72.8 Å². The lowest BCUT2D eigenvalue weighted by molar-refractivity contribution is 0.224. The van der Waals surface area contributed by atoms with E-state index in [9.17, 15) is 0 Å². The van der Waals surface area contributed by atoms with Crippen LogP contribution in [0.4, 0.5) is 5.69 Å². The number of hydrogen-bond donors (Lipinski definition) is 1. The molecule has 2 aromatic heterocycles. The summed E-state index contributed by atoms with van der Waals surface area (Å²) >= 11 is 0. The highest BCUT2D eigenvalue weighted by Gasteiger charge is 2.44. The maximum absolute atomic E-state index is 6.75. The van der Waals surface area contributed by atoms with Crippen LogP contribution in [-0.2, 0) is 19.4 Å². The molecular weight excluding hydrogens is 420 g/mol. The van der Waals surface area contributed by atoms with Crippen molar-refractivity contribution in [1.29, 1.82) is 0 Å². The summed E-state index contributed by atoms with van der Waals surface area (Å²) in [5.41, 5.74) is 16.1. The molecule has 4 aliphatic rings. The highest BCUT2D eigenvalue weighted by molar-refractivity contribution is 6.11. The molecule has 0 fully saturated rings. The van der Waals surface area contributed by atoms with E-state index in [2.05, 4.69) is 46.3 Å². The fourth-order valence-corrected chi connectivity index (χ4v) is 6.34. The third-order valence-corrected chi connectivity index (χ3v) is 8.21. The van der Waals surface area contributed by atoms with Gasteiger partial charge in [-0.15, -0.1) is 0 Å². The number of allylic oxidation sites excluding steroid dienone is 2. The predicted octanol–water partition coefficient (Wildman–Crippen LogP) is 4.39. The van der Waals surface area contributed by atoms with E-state index in [-0.39, 0.29) is 11.5 Å². The Hall–Kier alpha value is -3.38. The number of fused-ring (bicyclic) bond motifs is 3. The van der Waals surface area contributed by atoms with Crippen LogP contribution >= 0.6 is 0 Å². The molecule has 170 valence electrons. The van der Waals surface area contributed by atoms with Crippen molar-refractivity contribution in [3.05, 3.63) is 88.8 Å². The largest absolute Gasteiger partial charge is 0.323 e. The summed E-state index contributed by atoms with van der Waals surface area (Å²) in [5.74, 6) is 0.939. The molecule has 0 radical (unpaired) electrons. The molecule has 0 bridgehead atoms. The van der Waals surface area contributed by atoms with E-state index in [0.29, 0.717) is 6.54 Å². The molecule has 2 N–H and O–H groups in total. The fraction of sp³-hybridized carbons (Fsp3) is 0.357. The zero-order valence-electron chi connectivity index (χ0n) is 19.2. The monoisotopic (exact) mass is 448 g/mol. The minimum Gasteiger partial charge on any atom is -0.323 e. The molecule has 0 saturated carbocycles. The van der Waals surface area contributed by atoms with Crippen molar-refractivity contribution in [2.24, 2.45) is 16.1 Å². The lowest BCUT2D eigenvalue weighted by atomic mass is 9.70. The summed E-state index contributed by atoms with van der Waals surface area (Å²) in [5, 5.41) is 0. The van der Waals surface area contributed by atoms with Crippen LogP contribution in [0.25, 0.3) is 5.57 Å². The number of aryl methyl sites for hydroxylation is 1. The molecule has 7 rings (SSSR count). The molecular formula is C28H28N6. The summed E-state index contributed by atoms with van der Waals surface area (Å²) in [4.78, 5) is 21.6. The Morgan fingerprint density at radius 2 is 1.97 bits per heavy atom. The van der Waals surface area contributed by atoms with Crippen LogP contribution < -0.4 is 10.6 Å². The number of pyridine rings is 1. The molecule has 0 unspecified atom stereocenters. The van der Waals surface area contributed by atoms with E-state index in [0.717, 1.165) is 79.4 Å².